The molecule has 0 unspecified atom stereocenters. The molecule has 17 heavy (non-hydrogen) atoms. The zero-order valence-corrected chi connectivity index (χ0v) is 11.3. The lowest BCUT2D eigenvalue weighted by atomic mass is 10.1. The van der Waals surface area contributed by atoms with Gasteiger partial charge >= 0.3 is 0 Å². The monoisotopic (exact) mass is 232 g/mol. The minimum absolute atomic E-state index is 0.847. The Morgan fingerprint density at radius 3 is 2.24 bits per heavy atom. The average Bonchev–Trinajstić information content (AvgIpc) is 2.42. The van der Waals surface area contributed by atoms with Crippen molar-refractivity contribution in [1.82, 2.24) is 4.90 Å². The van der Waals surface area contributed by atoms with E-state index in [4.69, 9.17) is 0 Å². The van der Waals surface area contributed by atoms with E-state index in [0.29, 0.717) is 0 Å². The van der Waals surface area contributed by atoms with Crippen molar-refractivity contribution in [3.8, 4) is 0 Å². The van der Waals surface area contributed by atoms with Gasteiger partial charge in [-0.05, 0) is 25.5 Å². The van der Waals surface area contributed by atoms with Gasteiger partial charge in [0.1, 0.15) is 0 Å². The number of hydrogen-bond donors (Lipinski definition) is 0. The molecular weight excluding hydrogens is 208 g/mol. The van der Waals surface area contributed by atoms with E-state index in [1.54, 1.807) is 0 Å². The van der Waals surface area contributed by atoms with Crippen molar-refractivity contribution in [2.45, 2.75) is 33.2 Å². The number of piperidine rings is 1. The maximum absolute atomic E-state index is 4.68. The first-order chi connectivity index (χ1) is 8.34. The lowest BCUT2D eigenvalue weighted by Gasteiger charge is -2.23. The highest BCUT2D eigenvalue weighted by molar-refractivity contribution is 5.85. The predicted molar refractivity (Wildman–Crippen MR) is 75.7 cm³/mol. The summed E-state index contributed by atoms with van der Waals surface area (Å²) in [6, 6.07) is 10.5. The van der Waals surface area contributed by atoms with Gasteiger partial charge in [-0.1, -0.05) is 44.2 Å². The van der Waals surface area contributed by atoms with Gasteiger partial charge in [-0.25, -0.2) is 0 Å². The fourth-order valence-electron chi connectivity index (χ4n) is 1.82. The number of nitrogens with zero attached hydrogens (tertiary/aromatic N) is 2. The van der Waals surface area contributed by atoms with E-state index in [1.165, 1.54) is 11.3 Å². The van der Waals surface area contributed by atoms with Crippen LogP contribution in [0.1, 0.15) is 32.3 Å². The SMILES string of the molecule is CC.CN1CCC(=NCc2ccccc2)CC1. The van der Waals surface area contributed by atoms with Gasteiger partial charge in [-0.3, -0.25) is 4.99 Å². The Bertz CT molecular complexity index is 320. The molecule has 0 bridgehead atoms. The molecule has 94 valence electrons. The first kappa shape index (κ1) is 13.9. The van der Waals surface area contributed by atoms with Crippen LogP contribution in [0.5, 0.6) is 0 Å². The second-order valence-corrected chi connectivity index (χ2v) is 4.17. The van der Waals surface area contributed by atoms with Gasteiger partial charge in [0.05, 0.1) is 6.54 Å². The van der Waals surface area contributed by atoms with E-state index in [2.05, 4.69) is 41.2 Å². The van der Waals surface area contributed by atoms with Crippen LogP contribution in [0, 0.1) is 0 Å². The van der Waals surface area contributed by atoms with Crippen molar-refractivity contribution >= 4 is 5.71 Å². The number of aliphatic imine (C=N–C) groups is 1. The highest BCUT2D eigenvalue weighted by atomic mass is 15.1. The highest BCUT2D eigenvalue weighted by Crippen LogP contribution is 2.07. The van der Waals surface area contributed by atoms with Crippen molar-refractivity contribution in [2.24, 2.45) is 4.99 Å². The van der Waals surface area contributed by atoms with Crippen LogP contribution in [0.15, 0.2) is 35.3 Å². The zero-order chi connectivity index (χ0) is 12.5. The first-order valence-corrected chi connectivity index (χ1v) is 6.59. The van der Waals surface area contributed by atoms with Gasteiger partial charge in [0, 0.05) is 18.8 Å². The molecule has 2 nitrogen and oxygen atoms in total. The Morgan fingerprint density at radius 2 is 1.65 bits per heavy atom. The van der Waals surface area contributed by atoms with E-state index in [0.717, 1.165) is 32.5 Å². The maximum Gasteiger partial charge on any atom is 0.0639 e. The third-order valence-electron chi connectivity index (χ3n) is 2.89. The van der Waals surface area contributed by atoms with E-state index in [9.17, 15) is 0 Å². The molecule has 0 spiro atoms. The zero-order valence-electron chi connectivity index (χ0n) is 11.3. The van der Waals surface area contributed by atoms with Crippen molar-refractivity contribution in [1.29, 1.82) is 0 Å². The Morgan fingerprint density at radius 1 is 1.06 bits per heavy atom. The molecule has 1 aromatic carbocycles. The number of likely N-dealkylation sites (tertiary alicyclic amines) is 1. The Hall–Kier alpha value is -1.15. The molecule has 1 saturated heterocycles. The second-order valence-electron chi connectivity index (χ2n) is 4.17. The molecule has 0 aliphatic carbocycles. The lowest BCUT2D eigenvalue weighted by Crippen LogP contribution is -2.30. The van der Waals surface area contributed by atoms with Crippen molar-refractivity contribution < 1.29 is 0 Å². The summed E-state index contributed by atoms with van der Waals surface area (Å²) >= 11 is 0. The molecule has 0 amide bonds. The number of hydrogen-bond acceptors (Lipinski definition) is 2. The van der Waals surface area contributed by atoms with E-state index in [-0.39, 0.29) is 0 Å². The third-order valence-corrected chi connectivity index (χ3v) is 2.89. The average molecular weight is 232 g/mol. The van der Waals surface area contributed by atoms with Crippen LogP contribution < -0.4 is 0 Å². The van der Waals surface area contributed by atoms with E-state index in [1.807, 2.05) is 19.9 Å². The lowest BCUT2D eigenvalue weighted by molar-refractivity contribution is 0.335. The van der Waals surface area contributed by atoms with Gasteiger partial charge in [0.15, 0.2) is 0 Å². The minimum Gasteiger partial charge on any atom is -0.306 e. The molecule has 2 rings (SSSR count). The maximum atomic E-state index is 4.68. The minimum atomic E-state index is 0.847. The second kappa shape index (κ2) is 8.02. The van der Waals surface area contributed by atoms with Crippen LogP contribution in [0.25, 0.3) is 0 Å². The van der Waals surface area contributed by atoms with Gasteiger partial charge in [-0.15, -0.1) is 0 Å². The van der Waals surface area contributed by atoms with Gasteiger partial charge < -0.3 is 4.90 Å². The highest BCUT2D eigenvalue weighted by Gasteiger charge is 2.10. The smallest absolute Gasteiger partial charge is 0.0639 e. The summed E-state index contributed by atoms with van der Waals surface area (Å²) in [5.41, 5.74) is 2.70. The summed E-state index contributed by atoms with van der Waals surface area (Å²) in [4.78, 5) is 7.04. The van der Waals surface area contributed by atoms with Gasteiger partial charge in [0.25, 0.3) is 0 Å². The Kier molecular flexibility index (Phi) is 6.56. The quantitative estimate of drug-likeness (QED) is 0.763. The van der Waals surface area contributed by atoms with Gasteiger partial charge in [0.2, 0.25) is 0 Å². The topological polar surface area (TPSA) is 15.6 Å². The fourth-order valence-corrected chi connectivity index (χ4v) is 1.82. The number of rotatable bonds is 2. The molecule has 0 atom stereocenters. The van der Waals surface area contributed by atoms with Crippen LogP contribution in [0.4, 0.5) is 0 Å². The summed E-state index contributed by atoms with van der Waals surface area (Å²) in [5.74, 6) is 0. The van der Waals surface area contributed by atoms with Crippen molar-refractivity contribution in [2.75, 3.05) is 20.1 Å². The van der Waals surface area contributed by atoms with Crippen LogP contribution in [0.3, 0.4) is 0 Å². The molecule has 0 radical (unpaired) electrons. The number of benzene rings is 1. The summed E-state index contributed by atoms with van der Waals surface area (Å²) in [7, 11) is 2.17. The predicted octanol–water partition coefficient (Wildman–Crippen LogP) is 3.38. The molecule has 1 aromatic rings. The first-order valence-electron chi connectivity index (χ1n) is 6.59. The van der Waals surface area contributed by atoms with Crippen molar-refractivity contribution in [3.05, 3.63) is 35.9 Å². The third kappa shape index (κ3) is 5.14. The van der Waals surface area contributed by atoms with E-state index >= 15 is 0 Å². The summed E-state index contributed by atoms with van der Waals surface area (Å²) in [6.45, 7) is 7.17. The van der Waals surface area contributed by atoms with Gasteiger partial charge in [-0.2, -0.15) is 0 Å². The molecule has 0 N–H and O–H groups in total. The van der Waals surface area contributed by atoms with Crippen LogP contribution >= 0.6 is 0 Å². The molecule has 1 heterocycles. The van der Waals surface area contributed by atoms with E-state index < -0.39 is 0 Å². The fraction of sp³-hybridized carbons (Fsp3) is 0.533. The van der Waals surface area contributed by atoms with Crippen LogP contribution in [-0.2, 0) is 6.54 Å². The molecular formula is C15H24N2. The molecule has 1 aliphatic heterocycles. The molecule has 1 aliphatic rings. The van der Waals surface area contributed by atoms with Crippen LogP contribution in [0.2, 0.25) is 0 Å². The van der Waals surface area contributed by atoms with Crippen molar-refractivity contribution in [3.63, 3.8) is 0 Å². The standard InChI is InChI=1S/C13H18N2.C2H6/c1-15-9-7-13(8-10-15)14-11-12-5-3-2-4-6-12;1-2/h2-6H,7-11H2,1H3;1-2H3. The molecule has 0 aromatic heterocycles. The molecule has 1 fully saturated rings. The summed E-state index contributed by atoms with van der Waals surface area (Å²) < 4.78 is 0. The molecule has 0 saturated carbocycles. The van der Waals surface area contributed by atoms with Crippen LogP contribution in [-0.4, -0.2) is 30.7 Å². The Balaban J connectivity index is 0.000000686. The normalized spacial score (nSPS) is 16.1. The summed E-state index contributed by atoms with van der Waals surface area (Å²) in [6.07, 6.45) is 2.28. The Labute approximate surface area is 105 Å². The summed E-state index contributed by atoms with van der Waals surface area (Å²) in [5, 5.41) is 0. The largest absolute Gasteiger partial charge is 0.306 e. The molecule has 2 heteroatoms.